The number of rotatable bonds is 3. The molecule has 1 aromatic heterocycles. The minimum absolute atomic E-state index is 0.0807. The Morgan fingerprint density at radius 3 is 3.08 bits per heavy atom. The molecule has 0 bridgehead atoms. The molecule has 0 aromatic carbocycles. The van der Waals surface area contributed by atoms with Crippen LogP contribution in [0.15, 0.2) is 6.20 Å². The Hall–Kier alpha value is -1.50. The molecular weight excluding hydrogens is 180 g/mol. The van der Waals surface area contributed by atoms with Gasteiger partial charge in [-0.2, -0.15) is 5.10 Å². The number of nitro groups is 1. The van der Waals surface area contributed by atoms with Crippen molar-refractivity contribution in [2.75, 3.05) is 0 Å². The molecule has 0 amide bonds. The minimum atomic E-state index is -0.531. The third-order valence-corrected chi connectivity index (χ3v) is 1.39. The van der Waals surface area contributed by atoms with Gasteiger partial charge in [0.05, 0.1) is 9.91 Å². The van der Waals surface area contributed by atoms with Crippen LogP contribution in [0.25, 0.3) is 0 Å². The van der Waals surface area contributed by atoms with Crippen molar-refractivity contribution in [1.29, 1.82) is 0 Å². The van der Waals surface area contributed by atoms with Gasteiger partial charge in [-0.25, -0.2) is 0 Å². The zero-order chi connectivity index (χ0) is 9.14. The fourth-order valence-corrected chi connectivity index (χ4v) is 0.913. The molecule has 1 rings (SSSR count). The van der Waals surface area contributed by atoms with Gasteiger partial charge in [0, 0.05) is 6.42 Å². The monoisotopic (exact) mass is 186 g/mol. The normalized spacial score (nSPS) is 9.67. The van der Waals surface area contributed by atoms with E-state index < -0.39 is 4.92 Å². The number of nitrogens with zero attached hydrogens (tertiary/aromatic N) is 2. The van der Waals surface area contributed by atoms with E-state index in [4.69, 9.17) is 5.73 Å². The van der Waals surface area contributed by atoms with E-state index in [0.717, 1.165) is 6.20 Å². The summed E-state index contributed by atoms with van der Waals surface area (Å²) in [4.78, 5) is 9.99. The SMILES string of the molecule is NC(=S)Cc1[nH]ncc1[N+](=O)[O-]. The summed E-state index contributed by atoms with van der Waals surface area (Å²) in [5, 5.41) is 16.3. The molecule has 1 heterocycles. The van der Waals surface area contributed by atoms with Gasteiger partial charge in [-0.15, -0.1) is 0 Å². The van der Waals surface area contributed by atoms with Crippen LogP contribution < -0.4 is 5.73 Å². The fraction of sp³-hybridized carbons (Fsp3) is 0.200. The van der Waals surface area contributed by atoms with E-state index >= 15 is 0 Å². The molecule has 0 unspecified atom stereocenters. The van der Waals surface area contributed by atoms with Crippen LogP contribution in [0.4, 0.5) is 5.69 Å². The molecule has 0 radical (unpaired) electrons. The van der Waals surface area contributed by atoms with Crippen LogP contribution in [-0.4, -0.2) is 20.1 Å². The summed E-state index contributed by atoms with van der Waals surface area (Å²) >= 11 is 4.60. The largest absolute Gasteiger partial charge is 0.393 e. The lowest BCUT2D eigenvalue weighted by atomic mass is 10.3. The second-order valence-electron chi connectivity index (χ2n) is 2.13. The number of nitrogens with one attached hydrogen (secondary N) is 1. The van der Waals surface area contributed by atoms with E-state index in [0.29, 0.717) is 5.69 Å². The molecule has 0 saturated carbocycles. The summed E-state index contributed by atoms with van der Waals surface area (Å²) in [7, 11) is 0. The maximum Gasteiger partial charge on any atom is 0.310 e. The summed E-state index contributed by atoms with van der Waals surface area (Å²) in [6, 6.07) is 0. The first-order valence-electron chi connectivity index (χ1n) is 3.06. The first-order valence-corrected chi connectivity index (χ1v) is 3.47. The summed E-state index contributed by atoms with van der Waals surface area (Å²) < 4.78 is 0. The Balaban J connectivity index is 2.91. The highest BCUT2D eigenvalue weighted by atomic mass is 32.1. The number of aromatic nitrogens is 2. The molecule has 0 atom stereocenters. The number of aromatic amines is 1. The van der Waals surface area contributed by atoms with Gasteiger partial charge < -0.3 is 5.73 Å². The number of hydrogen-bond acceptors (Lipinski definition) is 4. The Kier molecular flexibility index (Phi) is 2.34. The topological polar surface area (TPSA) is 97.8 Å². The smallest absolute Gasteiger partial charge is 0.310 e. The Bertz CT molecular complexity index is 321. The lowest BCUT2D eigenvalue weighted by Gasteiger charge is -1.92. The van der Waals surface area contributed by atoms with Crippen LogP contribution >= 0.6 is 12.2 Å². The summed E-state index contributed by atoms with van der Waals surface area (Å²) in [6.07, 6.45) is 1.30. The second kappa shape index (κ2) is 3.26. The molecule has 1 aromatic rings. The van der Waals surface area contributed by atoms with Crippen molar-refractivity contribution in [3.8, 4) is 0 Å². The lowest BCUT2D eigenvalue weighted by molar-refractivity contribution is -0.385. The highest BCUT2D eigenvalue weighted by Gasteiger charge is 2.15. The van der Waals surface area contributed by atoms with Crippen LogP contribution in [0.3, 0.4) is 0 Å². The van der Waals surface area contributed by atoms with E-state index in [9.17, 15) is 10.1 Å². The number of H-pyrrole nitrogens is 1. The molecule has 0 spiro atoms. The van der Waals surface area contributed by atoms with Crippen LogP contribution in [0.2, 0.25) is 0 Å². The van der Waals surface area contributed by atoms with Gasteiger partial charge in [0.2, 0.25) is 0 Å². The molecule has 7 heteroatoms. The van der Waals surface area contributed by atoms with Crippen molar-refractivity contribution >= 4 is 22.9 Å². The van der Waals surface area contributed by atoms with Gasteiger partial charge in [-0.05, 0) is 0 Å². The van der Waals surface area contributed by atoms with Crippen LogP contribution in [-0.2, 0) is 6.42 Å². The van der Waals surface area contributed by atoms with Crippen molar-refractivity contribution in [1.82, 2.24) is 10.2 Å². The highest BCUT2D eigenvalue weighted by Crippen LogP contribution is 2.14. The quantitative estimate of drug-likeness (QED) is 0.397. The van der Waals surface area contributed by atoms with Gasteiger partial charge in [-0.1, -0.05) is 12.2 Å². The first-order chi connectivity index (χ1) is 5.61. The molecule has 0 aliphatic heterocycles. The first kappa shape index (κ1) is 8.60. The van der Waals surface area contributed by atoms with Crippen molar-refractivity contribution < 1.29 is 4.92 Å². The van der Waals surface area contributed by atoms with Crippen LogP contribution in [0.1, 0.15) is 5.69 Å². The van der Waals surface area contributed by atoms with Gasteiger partial charge >= 0.3 is 5.69 Å². The highest BCUT2D eigenvalue weighted by molar-refractivity contribution is 7.80. The molecule has 3 N–H and O–H groups in total. The third kappa shape index (κ3) is 1.76. The standard InChI is InChI=1S/C5H6N4O2S/c6-5(12)1-3-4(9(10)11)2-7-8-3/h2H,1H2,(H2,6,12)(H,7,8). The Morgan fingerprint density at radius 2 is 2.58 bits per heavy atom. The maximum absolute atomic E-state index is 10.3. The van der Waals surface area contributed by atoms with Crippen molar-refractivity contribution in [3.05, 3.63) is 22.0 Å². The lowest BCUT2D eigenvalue weighted by Crippen LogP contribution is -2.12. The predicted molar refractivity (Wildman–Crippen MR) is 45.7 cm³/mol. The van der Waals surface area contributed by atoms with Gasteiger partial charge in [-0.3, -0.25) is 15.2 Å². The van der Waals surface area contributed by atoms with E-state index in [-0.39, 0.29) is 17.1 Å². The van der Waals surface area contributed by atoms with Gasteiger partial charge in [0.15, 0.2) is 0 Å². The predicted octanol–water partition coefficient (Wildman–Crippen LogP) is 0.146. The maximum atomic E-state index is 10.3. The zero-order valence-electron chi connectivity index (χ0n) is 5.98. The Labute approximate surface area is 72.9 Å². The van der Waals surface area contributed by atoms with Crippen molar-refractivity contribution in [2.45, 2.75) is 6.42 Å². The summed E-state index contributed by atoms with van der Waals surface area (Å²) in [5.41, 5.74) is 5.47. The number of nitrogens with two attached hydrogens (primary N) is 1. The second-order valence-corrected chi connectivity index (χ2v) is 2.66. The van der Waals surface area contributed by atoms with E-state index in [2.05, 4.69) is 22.4 Å². The molecule has 12 heavy (non-hydrogen) atoms. The third-order valence-electron chi connectivity index (χ3n) is 1.24. The van der Waals surface area contributed by atoms with E-state index in [1.807, 2.05) is 0 Å². The van der Waals surface area contributed by atoms with Crippen LogP contribution in [0.5, 0.6) is 0 Å². The van der Waals surface area contributed by atoms with Gasteiger partial charge in [0.1, 0.15) is 11.9 Å². The minimum Gasteiger partial charge on any atom is -0.393 e. The summed E-state index contributed by atoms with van der Waals surface area (Å²) in [6.45, 7) is 0. The number of thiocarbonyl (C=S) groups is 1. The molecular formula is C5H6N4O2S. The van der Waals surface area contributed by atoms with E-state index in [1.54, 1.807) is 0 Å². The van der Waals surface area contributed by atoms with Gasteiger partial charge in [0.25, 0.3) is 0 Å². The molecule has 0 fully saturated rings. The molecule has 0 saturated heterocycles. The molecule has 0 aliphatic carbocycles. The molecule has 0 aliphatic rings. The zero-order valence-corrected chi connectivity index (χ0v) is 6.80. The molecule has 64 valence electrons. The Morgan fingerprint density at radius 1 is 1.92 bits per heavy atom. The average molecular weight is 186 g/mol. The molecule has 6 nitrogen and oxygen atoms in total. The average Bonchev–Trinajstić information content (AvgIpc) is 2.33. The van der Waals surface area contributed by atoms with Crippen molar-refractivity contribution in [3.63, 3.8) is 0 Å². The van der Waals surface area contributed by atoms with E-state index in [1.165, 1.54) is 0 Å². The fourth-order valence-electron chi connectivity index (χ4n) is 0.768. The number of hydrogen-bond donors (Lipinski definition) is 2. The van der Waals surface area contributed by atoms with Crippen LogP contribution in [0, 0.1) is 10.1 Å². The summed E-state index contributed by atoms with van der Waals surface area (Å²) in [5.74, 6) is 0. The van der Waals surface area contributed by atoms with Crippen molar-refractivity contribution in [2.24, 2.45) is 5.73 Å².